The number of aliphatic carboxylic acids is 1. The molecule has 194 valence electrons. The fraction of sp³-hybridized carbons (Fsp3) is 0.148. The van der Waals surface area contributed by atoms with Gasteiger partial charge in [-0.2, -0.15) is 4.72 Å². The number of amides is 1. The minimum Gasteiger partial charge on any atom is -0.480 e. The summed E-state index contributed by atoms with van der Waals surface area (Å²) in [7, 11) is -4.14. The van der Waals surface area contributed by atoms with E-state index in [4.69, 9.17) is 11.6 Å². The Bertz CT molecular complexity index is 1600. The maximum Gasteiger partial charge on any atom is 0.325 e. The van der Waals surface area contributed by atoms with Gasteiger partial charge in [0.2, 0.25) is 0 Å². The zero-order chi connectivity index (χ0) is 27.0. The maximum absolute atomic E-state index is 13.2. The van der Waals surface area contributed by atoms with Crippen LogP contribution >= 0.6 is 22.9 Å². The minimum atomic E-state index is -4.14. The van der Waals surface area contributed by atoms with Crippen LogP contribution in [0.15, 0.2) is 94.8 Å². The minimum absolute atomic E-state index is 0.00763. The van der Waals surface area contributed by atoms with E-state index in [0.29, 0.717) is 16.1 Å². The molecule has 2 atom stereocenters. The molecule has 2 aromatic heterocycles. The number of carboxylic acid groups (broad SMARTS) is 1. The quantitative estimate of drug-likeness (QED) is 0.276. The first-order valence-corrected chi connectivity index (χ1v) is 14.3. The third kappa shape index (κ3) is 4.71. The zero-order valence-corrected chi connectivity index (χ0v) is 22.2. The Morgan fingerprint density at radius 3 is 2.47 bits per heavy atom. The number of aromatic nitrogens is 1. The SMILES string of the molecule is O=C(NCC1(c2cccc(-c3ccc(Cl)cc3)c2)CC1(NS(=O)(=O)c1cccs1)C(=O)O)c1cccnc1. The van der Waals surface area contributed by atoms with Crippen molar-refractivity contribution in [2.24, 2.45) is 0 Å². The van der Waals surface area contributed by atoms with Crippen molar-refractivity contribution in [3.8, 4) is 11.1 Å². The average molecular weight is 568 g/mol. The molecule has 0 saturated heterocycles. The number of hydrogen-bond acceptors (Lipinski definition) is 6. The highest BCUT2D eigenvalue weighted by atomic mass is 35.5. The number of carbonyl (C=O) groups is 2. The van der Waals surface area contributed by atoms with Crippen molar-refractivity contribution >= 4 is 44.8 Å². The maximum atomic E-state index is 13.2. The molecule has 5 rings (SSSR count). The van der Waals surface area contributed by atoms with Crippen molar-refractivity contribution in [1.82, 2.24) is 15.0 Å². The molecule has 2 aromatic carbocycles. The lowest BCUT2D eigenvalue weighted by molar-refractivity contribution is -0.140. The van der Waals surface area contributed by atoms with E-state index in [1.54, 1.807) is 47.8 Å². The van der Waals surface area contributed by atoms with Crippen molar-refractivity contribution in [3.63, 3.8) is 0 Å². The smallest absolute Gasteiger partial charge is 0.325 e. The van der Waals surface area contributed by atoms with Crippen LogP contribution in [0.25, 0.3) is 11.1 Å². The Kier molecular flexibility index (Phi) is 6.83. The normalized spacial score (nSPS) is 20.6. The average Bonchev–Trinajstić information content (AvgIpc) is 3.24. The van der Waals surface area contributed by atoms with E-state index < -0.39 is 32.9 Å². The number of rotatable bonds is 9. The van der Waals surface area contributed by atoms with Gasteiger partial charge >= 0.3 is 5.97 Å². The van der Waals surface area contributed by atoms with E-state index >= 15 is 0 Å². The van der Waals surface area contributed by atoms with Gasteiger partial charge in [-0.1, -0.05) is 54.1 Å². The number of carbonyl (C=O) groups excluding carboxylic acids is 1. The fourth-order valence-electron chi connectivity index (χ4n) is 4.70. The second-order valence-electron chi connectivity index (χ2n) is 9.02. The molecule has 0 bridgehead atoms. The summed E-state index contributed by atoms with van der Waals surface area (Å²) in [6, 6.07) is 20.6. The van der Waals surface area contributed by atoms with Crippen LogP contribution in [-0.4, -0.2) is 42.5 Å². The first-order valence-electron chi connectivity index (χ1n) is 11.5. The van der Waals surface area contributed by atoms with E-state index in [1.807, 2.05) is 24.3 Å². The van der Waals surface area contributed by atoms with Crippen molar-refractivity contribution in [2.45, 2.75) is 21.6 Å². The van der Waals surface area contributed by atoms with Crippen LogP contribution in [0.4, 0.5) is 0 Å². The number of benzene rings is 2. The van der Waals surface area contributed by atoms with Crippen LogP contribution in [0.5, 0.6) is 0 Å². The summed E-state index contributed by atoms with van der Waals surface area (Å²) in [4.78, 5) is 29.6. The van der Waals surface area contributed by atoms with E-state index in [-0.39, 0.29) is 17.2 Å². The molecule has 0 aliphatic heterocycles. The molecule has 1 aliphatic carbocycles. The van der Waals surface area contributed by atoms with Crippen molar-refractivity contribution in [1.29, 1.82) is 0 Å². The van der Waals surface area contributed by atoms with Gasteiger partial charge in [0.15, 0.2) is 0 Å². The number of nitrogens with one attached hydrogen (secondary N) is 2. The summed E-state index contributed by atoms with van der Waals surface area (Å²) in [5.41, 5.74) is -0.609. The number of pyridine rings is 1. The molecule has 1 saturated carbocycles. The lowest BCUT2D eigenvalue weighted by Crippen LogP contribution is -2.51. The first-order chi connectivity index (χ1) is 18.2. The Morgan fingerprint density at radius 2 is 1.82 bits per heavy atom. The number of thiophene rings is 1. The van der Waals surface area contributed by atoms with Crippen LogP contribution in [0.1, 0.15) is 22.3 Å². The van der Waals surface area contributed by atoms with Gasteiger partial charge in [0.1, 0.15) is 9.75 Å². The van der Waals surface area contributed by atoms with E-state index in [0.717, 1.165) is 22.5 Å². The molecule has 3 N–H and O–H groups in total. The van der Waals surface area contributed by atoms with Crippen molar-refractivity contribution in [3.05, 3.63) is 107 Å². The highest BCUT2D eigenvalue weighted by Crippen LogP contribution is 2.58. The summed E-state index contributed by atoms with van der Waals surface area (Å²) in [5, 5.41) is 15.4. The highest BCUT2D eigenvalue weighted by Gasteiger charge is 2.75. The number of sulfonamides is 1. The summed E-state index contributed by atoms with van der Waals surface area (Å²) in [6.07, 6.45) is 2.88. The van der Waals surface area contributed by atoms with Crippen LogP contribution in [0, 0.1) is 0 Å². The highest BCUT2D eigenvalue weighted by molar-refractivity contribution is 7.91. The van der Waals surface area contributed by atoms with E-state index in [1.165, 1.54) is 18.5 Å². The Hall–Kier alpha value is -3.57. The molecule has 1 aliphatic rings. The standard InChI is InChI=1S/C27H22ClN3O5S2/c28-22-10-8-18(9-11-22)19-4-1-6-21(14-19)26(17-30-24(32)20-5-2-12-29-15-20)16-27(26,25(33)34)31-38(35,36)23-7-3-13-37-23/h1-15,31H,16-17H2,(H,30,32)(H,33,34). The zero-order valence-electron chi connectivity index (χ0n) is 19.8. The molecule has 1 fully saturated rings. The van der Waals surface area contributed by atoms with Crippen molar-refractivity contribution in [2.75, 3.05) is 6.54 Å². The number of nitrogens with zero attached hydrogens (tertiary/aromatic N) is 1. The van der Waals surface area contributed by atoms with Crippen molar-refractivity contribution < 1.29 is 23.1 Å². The second-order valence-corrected chi connectivity index (χ2v) is 12.3. The van der Waals surface area contributed by atoms with Gasteiger partial charge in [0.05, 0.1) is 5.56 Å². The van der Waals surface area contributed by atoms with E-state index in [2.05, 4.69) is 15.0 Å². The Balaban J connectivity index is 1.56. The van der Waals surface area contributed by atoms with Crippen LogP contribution in [-0.2, 0) is 20.2 Å². The molecular weight excluding hydrogens is 546 g/mol. The van der Waals surface area contributed by atoms with Crippen LogP contribution in [0.2, 0.25) is 5.02 Å². The molecule has 38 heavy (non-hydrogen) atoms. The molecule has 4 aromatic rings. The van der Waals surface area contributed by atoms with Gasteiger partial charge in [0.25, 0.3) is 15.9 Å². The second kappa shape index (κ2) is 9.95. The topological polar surface area (TPSA) is 125 Å². The summed E-state index contributed by atoms with van der Waals surface area (Å²) >= 11 is 7.03. The van der Waals surface area contributed by atoms with E-state index in [9.17, 15) is 23.1 Å². The monoisotopic (exact) mass is 567 g/mol. The Morgan fingerprint density at radius 1 is 1.03 bits per heavy atom. The number of hydrogen-bond donors (Lipinski definition) is 3. The van der Waals surface area contributed by atoms with Gasteiger partial charge in [-0.05, 0) is 58.8 Å². The summed E-state index contributed by atoms with van der Waals surface area (Å²) in [5.74, 6) is -1.77. The molecular formula is C27H22ClN3O5S2. The molecule has 0 radical (unpaired) electrons. The third-order valence-corrected chi connectivity index (χ3v) is 9.90. The Labute approximate surface area is 228 Å². The van der Waals surface area contributed by atoms with Gasteiger partial charge in [0, 0.05) is 29.4 Å². The van der Waals surface area contributed by atoms with Crippen LogP contribution < -0.4 is 10.0 Å². The molecule has 1 amide bonds. The van der Waals surface area contributed by atoms with Gasteiger partial charge in [-0.15, -0.1) is 11.3 Å². The molecule has 8 nitrogen and oxygen atoms in total. The third-order valence-electron chi connectivity index (χ3n) is 6.76. The number of halogens is 1. The lowest BCUT2D eigenvalue weighted by Gasteiger charge is -2.25. The predicted molar refractivity (Wildman–Crippen MR) is 145 cm³/mol. The van der Waals surface area contributed by atoms with Gasteiger partial charge in [-0.3, -0.25) is 14.6 Å². The largest absolute Gasteiger partial charge is 0.480 e. The molecule has 11 heteroatoms. The van der Waals surface area contributed by atoms with Gasteiger partial charge < -0.3 is 10.4 Å². The molecule has 2 unspecified atom stereocenters. The molecule has 0 spiro atoms. The lowest BCUT2D eigenvalue weighted by atomic mass is 9.88. The molecule has 2 heterocycles. The first kappa shape index (κ1) is 26.1. The fourth-order valence-corrected chi connectivity index (χ4v) is 7.24. The summed E-state index contributed by atoms with van der Waals surface area (Å²) < 4.78 is 28.8. The predicted octanol–water partition coefficient (Wildman–Crippen LogP) is 4.34. The number of carboxylic acids is 1. The van der Waals surface area contributed by atoms with Crippen LogP contribution in [0.3, 0.4) is 0 Å². The summed E-state index contributed by atoms with van der Waals surface area (Å²) in [6.45, 7) is -0.121. The van der Waals surface area contributed by atoms with Gasteiger partial charge in [-0.25, -0.2) is 8.42 Å².